The van der Waals surface area contributed by atoms with E-state index in [-0.39, 0.29) is 0 Å². The molecule has 0 saturated heterocycles. The molecule has 2 aromatic rings. The van der Waals surface area contributed by atoms with Crippen LogP contribution in [0.4, 0.5) is 0 Å². The molecule has 0 saturated carbocycles. The van der Waals surface area contributed by atoms with Crippen LogP contribution in [0.2, 0.25) is 0 Å². The third kappa shape index (κ3) is 1.92. The van der Waals surface area contributed by atoms with E-state index in [0.29, 0.717) is 6.54 Å². The summed E-state index contributed by atoms with van der Waals surface area (Å²) in [5.74, 6) is 1.000. The van der Waals surface area contributed by atoms with Crippen molar-refractivity contribution in [1.29, 1.82) is 0 Å². The molecule has 0 fully saturated rings. The number of hydrogen-bond donors (Lipinski definition) is 1. The molecule has 1 aromatic heterocycles. The minimum atomic E-state index is 0.671. The molecular formula is C12H15N3. The first-order chi connectivity index (χ1) is 7.33. The summed E-state index contributed by atoms with van der Waals surface area (Å²) in [6.45, 7) is 2.67. The van der Waals surface area contributed by atoms with Gasteiger partial charge < -0.3 is 10.3 Å². The number of imidazole rings is 1. The molecule has 0 radical (unpaired) electrons. The highest BCUT2D eigenvalue weighted by Gasteiger charge is 2.04. The van der Waals surface area contributed by atoms with Crippen LogP contribution in [0.5, 0.6) is 0 Å². The van der Waals surface area contributed by atoms with E-state index in [9.17, 15) is 0 Å². The third-order valence-electron chi connectivity index (χ3n) is 2.49. The fourth-order valence-electron chi connectivity index (χ4n) is 1.75. The van der Waals surface area contributed by atoms with Crippen LogP contribution in [-0.4, -0.2) is 16.1 Å². The molecule has 78 valence electrons. The molecule has 1 aromatic carbocycles. The summed E-state index contributed by atoms with van der Waals surface area (Å²) in [6, 6.07) is 8.29. The molecule has 15 heavy (non-hydrogen) atoms. The molecule has 0 unspecified atom stereocenters. The van der Waals surface area contributed by atoms with Gasteiger partial charge in [-0.05, 0) is 31.5 Å². The Morgan fingerprint density at radius 2 is 2.13 bits per heavy atom. The van der Waals surface area contributed by atoms with Gasteiger partial charge in [-0.3, -0.25) is 0 Å². The number of hydrogen-bond acceptors (Lipinski definition) is 2. The van der Waals surface area contributed by atoms with Crippen molar-refractivity contribution in [2.24, 2.45) is 5.73 Å². The van der Waals surface area contributed by atoms with Crippen molar-refractivity contribution in [2.45, 2.75) is 13.3 Å². The summed E-state index contributed by atoms with van der Waals surface area (Å²) in [4.78, 5) is 4.23. The molecule has 0 bridgehead atoms. The summed E-state index contributed by atoms with van der Waals surface area (Å²) in [7, 11) is 0. The van der Waals surface area contributed by atoms with Gasteiger partial charge in [-0.1, -0.05) is 18.2 Å². The van der Waals surface area contributed by atoms with E-state index < -0.39 is 0 Å². The first-order valence-corrected chi connectivity index (χ1v) is 5.11. The quantitative estimate of drug-likeness (QED) is 0.821. The zero-order chi connectivity index (χ0) is 10.7. The molecule has 0 atom stereocenters. The molecule has 0 aliphatic rings. The van der Waals surface area contributed by atoms with E-state index in [4.69, 9.17) is 5.73 Å². The van der Waals surface area contributed by atoms with Crippen molar-refractivity contribution in [1.82, 2.24) is 9.55 Å². The lowest BCUT2D eigenvalue weighted by Gasteiger charge is -2.10. The molecule has 1 heterocycles. The second-order valence-corrected chi connectivity index (χ2v) is 3.51. The van der Waals surface area contributed by atoms with Crippen LogP contribution in [0.3, 0.4) is 0 Å². The molecule has 3 nitrogen and oxygen atoms in total. The molecule has 0 aliphatic carbocycles. The Hall–Kier alpha value is -1.61. The normalized spacial score (nSPS) is 10.5. The van der Waals surface area contributed by atoms with E-state index in [1.807, 2.05) is 31.5 Å². The predicted molar refractivity (Wildman–Crippen MR) is 61.1 cm³/mol. The van der Waals surface area contributed by atoms with Gasteiger partial charge in [0.2, 0.25) is 0 Å². The lowest BCUT2D eigenvalue weighted by atomic mass is 10.1. The SMILES string of the molecule is Cc1nccn1-c1ccccc1CCN. The molecule has 0 aliphatic heterocycles. The van der Waals surface area contributed by atoms with Crippen LogP contribution < -0.4 is 5.73 Å². The number of nitrogens with zero attached hydrogens (tertiary/aromatic N) is 2. The summed E-state index contributed by atoms with van der Waals surface area (Å²) < 4.78 is 2.09. The third-order valence-corrected chi connectivity index (χ3v) is 2.49. The number of aryl methyl sites for hydroxylation is 1. The van der Waals surface area contributed by atoms with Gasteiger partial charge in [0.1, 0.15) is 5.82 Å². The first kappa shape index (κ1) is 9.93. The average molecular weight is 201 g/mol. The van der Waals surface area contributed by atoms with Gasteiger partial charge in [0, 0.05) is 18.1 Å². The van der Waals surface area contributed by atoms with E-state index >= 15 is 0 Å². The largest absolute Gasteiger partial charge is 0.330 e. The molecule has 2 rings (SSSR count). The van der Waals surface area contributed by atoms with Crippen LogP contribution in [0.25, 0.3) is 5.69 Å². The highest BCUT2D eigenvalue weighted by molar-refractivity contribution is 5.42. The smallest absolute Gasteiger partial charge is 0.110 e. The Kier molecular flexibility index (Phi) is 2.83. The lowest BCUT2D eigenvalue weighted by Crippen LogP contribution is -2.07. The van der Waals surface area contributed by atoms with Crippen LogP contribution in [-0.2, 0) is 6.42 Å². The molecular weight excluding hydrogens is 186 g/mol. The highest BCUT2D eigenvalue weighted by Crippen LogP contribution is 2.16. The molecule has 0 spiro atoms. The molecule has 3 heteroatoms. The average Bonchev–Trinajstić information content (AvgIpc) is 2.66. The van der Waals surface area contributed by atoms with Crippen molar-refractivity contribution < 1.29 is 0 Å². The summed E-state index contributed by atoms with van der Waals surface area (Å²) in [6.07, 6.45) is 4.69. The van der Waals surface area contributed by atoms with E-state index in [1.54, 1.807) is 0 Å². The second kappa shape index (κ2) is 4.28. The molecule has 2 N–H and O–H groups in total. The number of para-hydroxylation sites is 1. The maximum absolute atomic E-state index is 5.60. The number of benzene rings is 1. The lowest BCUT2D eigenvalue weighted by molar-refractivity contribution is 0.912. The second-order valence-electron chi connectivity index (χ2n) is 3.51. The highest BCUT2D eigenvalue weighted by atomic mass is 15.1. The monoisotopic (exact) mass is 201 g/mol. The zero-order valence-corrected chi connectivity index (χ0v) is 8.85. The minimum absolute atomic E-state index is 0.671. The Bertz CT molecular complexity index is 446. The van der Waals surface area contributed by atoms with Crippen LogP contribution >= 0.6 is 0 Å². The van der Waals surface area contributed by atoms with Gasteiger partial charge in [0.25, 0.3) is 0 Å². The fraction of sp³-hybridized carbons (Fsp3) is 0.250. The Morgan fingerprint density at radius 3 is 2.80 bits per heavy atom. The van der Waals surface area contributed by atoms with Gasteiger partial charge in [-0.15, -0.1) is 0 Å². The zero-order valence-electron chi connectivity index (χ0n) is 8.85. The summed E-state index contributed by atoms with van der Waals surface area (Å²) in [5, 5.41) is 0. The fourth-order valence-corrected chi connectivity index (χ4v) is 1.75. The van der Waals surface area contributed by atoms with Gasteiger partial charge in [0.05, 0.1) is 0 Å². The van der Waals surface area contributed by atoms with Crippen LogP contribution in [0, 0.1) is 6.92 Å². The minimum Gasteiger partial charge on any atom is -0.330 e. The maximum Gasteiger partial charge on any atom is 0.110 e. The van der Waals surface area contributed by atoms with Gasteiger partial charge in [-0.25, -0.2) is 4.98 Å². The standard InChI is InChI=1S/C12H15N3/c1-10-14-8-9-15(10)12-5-3-2-4-11(12)6-7-13/h2-5,8-9H,6-7,13H2,1H3. The van der Waals surface area contributed by atoms with Crippen molar-refractivity contribution in [3.05, 3.63) is 48.0 Å². The summed E-state index contributed by atoms with van der Waals surface area (Å²) >= 11 is 0. The molecule has 0 amide bonds. The van der Waals surface area contributed by atoms with Crippen LogP contribution in [0.15, 0.2) is 36.7 Å². The van der Waals surface area contributed by atoms with Gasteiger partial charge in [-0.2, -0.15) is 0 Å². The predicted octanol–water partition coefficient (Wildman–Crippen LogP) is 1.68. The maximum atomic E-state index is 5.60. The van der Waals surface area contributed by atoms with Gasteiger partial charge >= 0.3 is 0 Å². The van der Waals surface area contributed by atoms with Gasteiger partial charge in [0.15, 0.2) is 0 Å². The van der Waals surface area contributed by atoms with E-state index in [2.05, 4.69) is 21.7 Å². The van der Waals surface area contributed by atoms with E-state index in [1.165, 1.54) is 11.3 Å². The Labute approximate surface area is 89.6 Å². The number of aromatic nitrogens is 2. The van der Waals surface area contributed by atoms with Crippen molar-refractivity contribution >= 4 is 0 Å². The Morgan fingerprint density at radius 1 is 1.33 bits per heavy atom. The topological polar surface area (TPSA) is 43.8 Å². The van der Waals surface area contributed by atoms with Crippen molar-refractivity contribution in [3.8, 4) is 5.69 Å². The number of rotatable bonds is 3. The van der Waals surface area contributed by atoms with Crippen molar-refractivity contribution in [3.63, 3.8) is 0 Å². The number of nitrogens with two attached hydrogens (primary N) is 1. The first-order valence-electron chi connectivity index (χ1n) is 5.11. The summed E-state index contributed by atoms with van der Waals surface area (Å²) in [5.41, 5.74) is 8.04. The van der Waals surface area contributed by atoms with Crippen molar-refractivity contribution in [2.75, 3.05) is 6.54 Å². The Balaban J connectivity index is 2.48. The van der Waals surface area contributed by atoms with Crippen LogP contribution in [0.1, 0.15) is 11.4 Å². The van der Waals surface area contributed by atoms with E-state index in [0.717, 1.165) is 12.2 Å².